The minimum absolute atomic E-state index is 0.0196. The molecule has 0 heterocycles. The van der Waals surface area contributed by atoms with E-state index in [-0.39, 0.29) is 35.1 Å². The van der Waals surface area contributed by atoms with Gasteiger partial charge >= 0.3 is 0 Å². The largest absolute Gasteiger partial charge is 0.484 e. The number of halogens is 3. The first kappa shape index (κ1) is 20.2. The Morgan fingerprint density at radius 3 is 2.52 bits per heavy atom. The highest BCUT2D eigenvalue weighted by atomic mass is 35.5. The third-order valence-electron chi connectivity index (χ3n) is 5.50. The monoisotopic (exact) mass is 418 g/mol. The molecule has 0 unspecified atom stereocenters. The molecule has 1 aromatic rings. The molecule has 3 fully saturated rings. The summed E-state index contributed by atoms with van der Waals surface area (Å²) < 4.78 is 18.7. The van der Waals surface area contributed by atoms with Gasteiger partial charge in [-0.15, -0.1) is 11.6 Å². The molecule has 0 saturated heterocycles. The number of aliphatic hydroxyl groups is 1. The minimum atomic E-state index is -0.765. The summed E-state index contributed by atoms with van der Waals surface area (Å²) in [5.41, 5.74) is -1.20. The molecule has 2 amide bonds. The molecule has 0 aromatic heterocycles. The summed E-state index contributed by atoms with van der Waals surface area (Å²) in [4.78, 5) is 24.0. The van der Waals surface area contributed by atoms with Crippen molar-refractivity contribution in [2.24, 2.45) is 0 Å². The molecule has 3 aliphatic rings. The second-order valence-electron chi connectivity index (χ2n) is 7.25. The van der Waals surface area contributed by atoms with Crippen LogP contribution >= 0.6 is 23.2 Å². The zero-order valence-corrected chi connectivity index (χ0v) is 16.1. The van der Waals surface area contributed by atoms with Crippen LogP contribution in [0.5, 0.6) is 5.75 Å². The van der Waals surface area contributed by atoms with Crippen LogP contribution in [0.15, 0.2) is 18.2 Å². The summed E-state index contributed by atoms with van der Waals surface area (Å²) in [6, 6.07) is 3.96. The lowest BCUT2D eigenvalue weighted by Crippen LogP contribution is -2.70. The van der Waals surface area contributed by atoms with Crippen LogP contribution in [0, 0.1) is 5.82 Å². The summed E-state index contributed by atoms with van der Waals surface area (Å²) in [5, 5.41) is 16.3. The van der Waals surface area contributed by atoms with Gasteiger partial charge in [-0.2, -0.15) is 0 Å². The maximum absolute atomic E-state index is 13.4. The lowest BCUT2D eigenvalue weighted by Gasteiger charge is -2.56. The minimum Gasteiger partial charge on any atom is -0.484 e. The Labute approximate surface area is 166 Å². The van der Waals surface area contributed by atoms with Crippen molar-refractivity contribution in [3.05, 3.63) is 29.0 Å². The predicted octanol–water partition coefficient (Wildman–Crippen LogP) is 2.15. The Bertz CT molecular complexity index is 738. The van der Waals surface area contributed by atoms with E-state index in [2.05, 4.69) is 10.6 Å². The lowest BCUT2D eigenvalue weighted by atomic mass is 9.60. The van der Waals surface area contributed by atoms with E-state index < -0.39 is 23.0 Å². The topological polar surface area (TPSA) is 87.7 Å². The van der Waals surface area contributed by atoms with Crippen LogP contribution in [0.2, 0.25) is 5.02 Å². The summed E-state index contributed by atoms with van der Waals surface area (Å²) in [7, 11) is 0. The van der Waals surface area contributed by atoms with Crippen LogP contribution in [0.1, 0.15) is 32.1 Å². The number of fused-ring (bicyclic) bond motifs is 3. The van der Waals surface area contributed by atoms with Crippen LogP contribution in [-0.2, 0) is 9.59 Å². The Morgan fingerprint density at radius 1 is 1.22 bits per heavy atom. The number of aliphatic hydroxyl groups excluding tert-OH is 1. The molecule has 0 spiro atoms. The number of alkyl halides is 1. The standard InChI is InChI=1S/C18H21Cl2FN2O4/c19-9-15(25)23-18-5-3-17(4-6-18,8-14(18)24)22-16(26)10-27-11-1-2-12(20)13(21)7-11/h1-2,7,14,24H,3-6,8-10H2,(H,22,26)(H,23,25)/t14-,17?,18?/m0/s1. The second-order valence-corrected chi connectivity index (χ2v) is 7.93. The molecule has 4 rings (SSSR count). The van der Waals surface area contributed by atoms with Crippen molar-refractivity contribution in [2.75, 3.05) is 12.5 Å². The van der Waals surface area contributed by atoms with E-state index in [0.29, 0.717) is 32.1 Å². The van der Waals surface area contributed by atoms with E-state index in [4.69, 9.17) is 27.9 Å². The average molecular weight is 419 g/mol. The summed E-state index contributed by atoms with van der Waals surface area (Å²) >= 11 is 11.2. The van der Waals surface area contributed by atoms with Gasteiger partial charge in [0.1, 0.15) is 17.4 Å². The molecule has 27 heavy (non-hydrogen) atoms. The number of ether oxygens (including phenoxy) is 1. The average Bonchev–Trinajstić information content (AvgIpc) is 2.64. The number of hydrogen-bond acceptors (Lipinski definition) is 4. The highest BCUT2D eigenvalue weighted by Crippen LogP contribution is 2.47. The van der Waals surface area contributed by atoms with E-state index in [0.717, 1.165) is 6.07 Å². The highest BCUT2D eigenvalue weighted by Gasteiger charge is 2.55. The third-order valence-corrected chi connectivity index (χ3v) is 6.05. The molecular weight excluding hydrogens is 398 g/mol. The Hall–Kier alpha value is -1.57. The first-order valence-corrected chi connectivity index (χ1v) is 9.63. The number of carbonyl (C=O) groups excluding carboxylic acids is 2. The number of carbonyl (C=O) groups is 2. The van der Waals surface area contributed by atoms with E-state index in [1.54, 1.807) is 0 Å². The van der Waals surface area contributed by atoms with Gasteiger partial charge < -0.3 is 20.5 Å². The molecular formula is C18H21Cl2FN2O4. The molecule has 6 nitrogen and oxygen atoms in total. The molecule has 2 bridgehead atoms. The molecule has 3 N–H and O–H groups in total. The van der Waals surface area contributed by atoms with Crippen molar-refractivity contribution in [3.63, 3.8) is 0 Å². The zero-order valence-electron chi connectivity index (χ0n) is 14.6. The van der Waals surface area contributed by atoms with E-state index in [9.17, 15) is 19.1 Å². The van der Waals surface area contributed by atoms with Gasteiger partial charge in [0.05, 0.1) is 16.7 Å². The molecule has 1 atom stereocenters. The van der Waals surface area contributed by atoms with Crippen LogP contribution in [-0.4, -0.2) is 46.6 Å². The molecule has 3 saturated carbocycles. The first-order valence-electron chi connectivity index (χ1n) is 8.71. The fraction of sp³-hybridized carbons (Fsp3) is 0.556. The fourth-order valence-corrected chi connectivity index (χ4v) is 4.20. The Kier molecular flexibility index (Phi) is 5.84. The number of hydrogen-bond donors (Lipinski definition) is 3. The number of benzene rings is 1. The van der Waals surface area contributed by atoms with Crippen molar-refractivity contribution in [2.45, 2.75) is 49.3 Å². The summed E-state index contributed by atoms with van der Waals surface area (Å²) in [6.07, 6.45) is 1.96. The number of rotatable bonds is 6. The summed E-state index contributed by atoms with van der Waals surface area (Å²) in [6.45, 7) is -0.271. The van der Waals surface area contributed by atoms with Gasteiger partial charge in [0.25, 0.3) is 5.91 Å². The van der Waals surface area contributed by atoms with Crippen LogP contribution in [0.4, 0.5) is 4.39 Å². The van der Waals surface area contributed by atoms with Crippen LogP contribution in [0.25, 0.3) is 0 Å². The van der Waals surface area contributed by atoms with Crippen LogP contribution in [0.3, 0.4) is 0 Å². The van der Waals surface area contributed by atoms with Gasteiger partial charge in [0, 0.05) is 11.6 Å². The van der Waals surface area contributed by atoms with Gasteiger partial charge in [-0.3, -0.25) is 9.59 Å². The van der Waals surface area contributed by atoms with E-state index >= 15 is 0 Å². The maximum atomic E-state index is 13.4. The van der Waals surface area contributed by atoms with E-state index in [1.165, 1.54) is 12.1 Å². The normalized spacial score (nSPS) is 29.3. The number of amides is 2. The third kappa shape index (κ3) is 4.31. The predicted molar refractivity (Wildman–Crippen MR) is 98.5 cm³/mol. The van der Waals surface area contributed by atoms with Gasteiger partial charge in [-0.05, 0) is 44.2 Å². The van der Waals surface area contributed by atoms with E-state index in [1.807, 2.05) is 0 Å². The van der Waals surface area contributed by atoms with Gasteiger partial charge in [-0.25, -0.2) is 4.39 Å². The zero-order chi connectivity index (χ0) is 19.7. The smallest absolute Gasteiger partial charge is 0.258 e. The van der Waals surface area contributed by atoms with Gasteiger partial charge in [-0.1, -0.05) is 11.6 Å². The van der Waals surface area contributed by atoms with Crippen LogP contribution < -0.4 is 15.4 Å². The molecule has 3 aliphatic carbocycles. The maximum Gasteiger partial charge on any atom is 0.258 e. The van der Waals surface area contributed by atoms with Gasteiger partial charge in [0.15, 0.2) is 6.61 Å². The van der Waals surface area contributed by atoms with Crippen molar-refractivity contribution < 1.29 is 23.8 Å². The second kappa shape index (κ2) is 7.81. The van der Waals surface area contributed by atoms with Crippen molar-refractivity contribution in [1.82, 2.24) is 10.6 Å². The van der Waals surface area contributed by atoms with Gasteiger partial charge in [0.2, 0.25) is 5.91 Å². The quantitative estimate of drug-likeness (QED) is 0.617. The van der Waals surface area contributed by atoms with Crippen molar-refractivity contribution in [3.8, 4) is 5.75 Å². The molecule has 9 heteroatoms. The summed E-state index contributed by atoms with van der Waals surface area (Å²) in [5.74, 6) is -1.22. The molecule has 0 aliphatic heterocycles. The molecule has 1 aromatic carbocycles. The Morgan fingerprint density at radius 2 is 1.93 bits per heavy atom. The van der Waals surface area contributed by atoms with Crippen molar-refractivity contribution >= 4 is 35.0 Å². The van der Waals surface area contributed by atoms with Crippen molar-refractivity contribution in [1.29, 1.82) is 0 Å². The fourth-order valence-electron chi connectivity index (χ4n) is 4.02. The Balaban J connectivity index is 1.56. The first-order chi connectivity index (χ1) is 12.8. The lowest BCUT2D eigenvalue weighted by molar-refractivity contribution is -0.134. The number of nitrogens with one attached hydrogen (secondary N) is 2. The SMILES string of the molecule is O=C(COc1ccc(Cl)c(F)c1)NC12CCC(NC(=O)CCl)(CC1)[C@@H](O)C2. The molecule has 148 valence electrons. The molecule has 0 radical (unpaired) electrons. The highest BCUT2D eigenvalue weighted by molar-refractivity contribution is 6.30.